The molecular weight excluding hydrogens is 324 g/mol. The lowest BCUT2D eigenvalue weighted by Crippen LogP contribution is -2.41. The van der Waals surface area contributed by atoms with Crippen LogP contribution in [0.2, 0.25) is 0 Å². The zero-order valence-electron chi connectivity index (χ0n) is 15.7. The zero-order chi connectivity index (χ0) is 18.3. The third-order valence-corrected chi connectivity index (χ3v) is 5.92. The molecule has 1 aromatic carbocycles. The number of fused-ring (bicyclic) bond motifs is 1. The molecule has 1 N–H and O–H groups in total. The molecule has 1 saturated heterocycles. The normalized spacial score (nSPS) is 24.7. The van der Waals surface area contributed by atoms with E-state index >= 15 is 0 Å². The number of carbonyl (C=O) groups excluding carboxylic acids is 1. The fourth-order valence-electron chi connectivity index (χ4n) is 4.48. The minimum Gasteiger partial charge on any atom is -0.385 e. The summed E-state index contributed by atoms with van der Waals surface area (Å²) in [5, 5.41) is 11.3. The highest BCUT2D eigenvalue weighted by Gasteiger charge is 2.36. The molecule has 0 bridgehead atoms. The molecule has 0 amide bonds. The van der Waals surface area contributed by atoms with Crippen molar-refractivity contribution in [3.05, 3.63) is 36.0 Å². The average Bonchev–Trinajstić information content (AvgIpc) is 3.46. The van der Waals surface area contributed by atoms with Gasteiger partial charge in [0.15, 0.2) is 5.78 Å². The summed E-state index contributed by atoms with van der Waals surface area (Å²) in [5.74, 6) is 1.12. The Bertz CT molecular complexity index is 815. The van der Waals surface area contributed by atoms with Gasteiger partial charge in [-0.15, -0.1) is 0 Å². The van der Waals surface area contributed by atoms with Crippen molar-refractivity contribution in [2.75, 3.05) is 18.0 Å². The number of Topliss-reactive ketones (excluding diaryl/α,β-unsaturated/α-hetero) is 1. The first kappa shape index (κ1) is 17.5. The molecule has 2 aromatic rings. The molecular formula is C22H28N2O2. The number of hydrogen-bond donors (Lipinski definition) is 1. The predicted molar refractivity (Wildman–Crippen MR) is 104 cm³/mol. The van der Waals surface area contributed by atoms with Gasteiger partial charge in [0.2, 0.25) is 0 Å². The van der Waals surface area contributed by atoms with Gasteiger partial charge in [0.05, 0.1) is 5.52 Å². The lowest BCUT2D eigenvalue weighted by atomic mass is 9.85. The first-order valence-corrected chi connectivity index (χ1v) is 9.83. The molecule has 4 nitrogen and oxygen atoms in total. The molecule has 3 atom stereocenters. The van der Waals surface area contributed by atoms with Crippen molar-refractivity contribution in [2.24, 2.45) is 17.8 Å². The van der Waals surface area contributed by atoms with Crippen molar-refractivity contribution in [1.29, 1.82) is 0 Å². The maximum Gasteiger partial charge on any atom is 0.161 e. The van der Waals surface area contributed by atoms with Crippen LogP contribution < -0.4 is 4.90 Å². The number of aromatic nitrogens is 1. The van der Waals surface area contributed by atoms with Crippen LogP contribution in [0.4, 0.5) is 5.69 Å². The molecule has 2 fully saturated rings. The number of nitrogens with zero attached hydrogens (tertiary/aromatic N) is 2. The Morgan fingerprint density at radius 1 is 1.31 bits per heavy atom. The Balaban J connectivity index is 1.55. The molecule has 26 heavy (non-hydrogen) atoms. The van der Waals surface area contributed by atoms with Crippen molar-refractivity contribution in [3.8, 4) is 0 Å². The molecule has 4 heteroatoms. The van der Waals surface area contributed by atoms with Crippen LogP contribution >= 0.6 is 0 Å². The van der Waals surface area contributed by atoms with Crippen LogP contribution in [0.1, 0.15) is 38.2 Å². The van der Waals surface area contributed by atoms with Gasteiger partial charge < -0.3 is 10.0 Å². The second-order valence-corrected chi connectivity index (χ2v) is 8.37. The van der Waals surface area contributed by atoms with E-state index in [2.05, 4.69) is 41.9 Å². The zero-order valence-corrected chi connectivity index (χ0v) is 15.7. The molecule has 4 rings (SSSR count). The number of pyridine rings is 1. The van der Waals surface area contributed by atoms with Crippen molar-refractivity contribution in [2.45, 2.75) is 45.6 Å². The van der Waals surface area contributed by atoms with Gasteiger partial charge in [0.1, 0.15) is 6.10 Å². The van der Waals surface area contributed by atoms with Gasteiger partial charge in [-0.2, -0.15) is 0 Å². The van der Waals surface area contributed by atoms with E-state index in [-0.39, 0.29) is 11.7 Å². The molecule has 1 aromatic heterocycles. The second kappa shape index (κ2) is 6.99. The minimum atomic E-state index is -0.731. The number of carbonyl (C=O) groups is 1. The largest absolute Gasteiger partial charge is 0.385 e. The number of piperidine rings is 1. The first-order valence-electron chi connectivity index (χ1n) is 9.83. The molecule has 138 valence electrons. The van der Waals surface area contributed by atoms with Crippen molar-refractivity contribution in [1.82, 2.24) is 4.98 Å². The number of rotatable bonds is 5. The third-order valence-electron chi connectivity index (χ3n) is 5.92. The van der Waals surface area contributed by atoms with Crippen molar-refractivity contribution < 1.29 is 9.90 Å². The first-order chi connectivity index (χ1) is 12.5. The molecule has 1 aliphatic carbocycles. The maximum absolute atomic E-state index is 12.4. The monoisotopic (exact) mass is 352 g/mol. The second-order valence-electron chi connectivity index (χ2n) is 8.37. The van der Waals surface area contributed by atoms with Gasteiger partial charge in [0, 0.05) is 36.8 Å². The summed E-state index contributed by atoms with van der Waals surface area (Å²) in [4.78, 5) is 19.4. The summed E-state index contributed by atoms with van der Waals surface area (Å²) in [6.07, 6.45) is 4.68. The number of benzene rings is 1. The van der Waals surface area contributed by atoms with Crippen LogP contribution in [0.15, 0.2) is 30.5 Å². The maximum atomic E-state index is 12.4. The predicted octanol–water partition coefficient (Wildman–Crippen LogP) is 3.74. The van der Waals surface area contributed by atoms with Crippen LogP contribution in [0.5, 0.6) is 0 Å². The third kappa shape index (κ3) is 3.48. The van der Waals surface area contributed by atoms with E-state index in [1.54, 1.807) is 0 Å². The van der Waals surface area contributed by atoms with Gasteiger partial charge in [-0.25, -0.2) is 0 Å². The fourth-order valence-corrected chi connectivity index (χ4v) is 4.48. The summed E-state index contributed by atoms with van der Waals surface area (Å²) >= 11 is 0. The highest BCUT2D eigenvalue weighted by Crippen LogP contribution is 2.36. The van der Waals surface area contributed by atoms with E-state index in [1.807, 2.05) is 12.3 Å². The number of hydrogen-bond acceptors (Lipinski definition) is 4. The van der Waals surface area contributed by atoms with E-state index in [4.69, 9.17) is 0 Å². The summed E-state index contributed by atoms with van der Waals surface area (Å²) < 4.78 is 0. The number of ketones is 1. The van der Waals surface area contributed by atoms with Crippen LogP contribution in [0.25, 0.3) is 10.9 Å². The lowest BCUT2D eigenvalue weighted by Gasteiger charge is -2.38. The number of aryl methyl sites for hydroxylation is 1. The van der Waals surface area contributed by atoms with Crippen LogP contribution in [0.3, 0.4) is 0 Å². The Morgan fingerprint density at radius 3 is 2.88 bits per heavy atom. The molecule has 0 spiro atoms. The summed E-state index contributed by atoms with van der Waals surface area (Å²) in [7, 11) is 0. The SMILES string of the molecule is Cc1ccc(N2C[C@@H](C)C[C@@H](CC(=O)C(O)C3CC3)C2)c2cccnc12. The lowest BCUT2D eigenvalue weighted by molar-refractivity contribution is -0.129. The number of anilines is 1. The van der Waals surface area contributed by atoms with E-state index in [9.17, 15) is 9.90 Å². The Morgan fingerprint density at radius 2 is 2.12 bits per heavy atom. The summed E-state index contributed by atoms with van der Waals surface area (Å²) in [6, 6.07) is 8.46. The molecule has 1 saturated carbocycles. The Kier molecular flexibility index (Phi) is 4.70. The Labute approximate surface area is 155 Å². The van der Waals surface area contributed by atoms with Crippen molar-refractivity contribution >= 4 is 22.4 Å². The molecule has 2 aliphatic rings. The van der Waals surface area contributed by atoms with Crippen LogP contribution in [-0.4, -0.2) is 35.1 Å². The molecule has 0 radical (unpaired) electrons. The van der Waals surface area contributed by atoms with E-state index in [0.29, 0.717) is 18.3 Å². The van der Waals surface area contributed by atoms with E-state index in [1.165, 1.54) is 16.6 Å². The minimum absolute atomic E-state index is 0.0435. The van der Waals surface area contributed by atoms with E-state index in [0.717, 1.165) is 37.9 Å². The smallest absolute Gasteiger partial charge is 0.161 e. The topological polar surface area (TPSA) is 53.4 Å². The van der Waals surface area contributed by atoms with Crippen LogP contribution in [-0.2, 0) is 4.79 Å². The summed E-state index contributed by atoms with van der Waals surface area (Å²) in [6.45, 7) is 6.23. The highest BCUT2D eigenvalue weighted by atomic mass is 16.3. The van der Waals surface area contributed by atoms with Gasteiger partial charge in [-0.3, -0.25) is 9.78 Å². The molecule has 2 heterocycles. The van der Waals surface area contributed by atoms with Crippen LogP contribution in [0, 0.1) is 24.7 Å². The van der Waals surface area contributed by atoms with Crippen molar-refractivity contribution in [3.63, 3.8) is 0 Å². The van der Waals surface area contributed by atoms with E-state index < -0.39 is 6.10 Å². The highest BCUT2D eigenvalue weighted by molar-refractivity contribution is 5.93. The molecule has 1 unspecified atom stereocenters. The van der Waals surface area contributed by atoms with Gasteiger partial charge in [-0.1, -0.05) is 13.0 Å². The standard InChI is InChI=1S/C22H28N2O2/c1-14-10-16(11-20(25)22(26)17-6-7-17)13-24(12-14)19-8-5-15(2)21-18(19)4-3-9-23-21/h3-5,8-9,14,16-17,22,26H,6-7,10-13H2,1-2H3/t14-,16-,22?/m0/s1. The Hall–Kier alpha value is -1.94. The molecule has 1 aliphatic heterocycles. The quantitative estimate of drug-likeness (QED) is 0.891. The fraction of sp³-hybridized carbons (Fsp3) is 0.545. The number of aliphatic hydroxyl groups is 1. The van der Waals surface area contributed by atoms with Gasteiger partial charge in [0.25, 0.3) is 0 Å². The summed E-state index contributed by atoms with van der Waals surface area (Å²) in [5.41, 5.74) is 3.46. The number of aliphatic hydroxyl groups excluding tert-OH is 1. The van der Waals surface area contributed by atoms with Gasteiger partial charge in [-0.05, 0) is 67.7 Å². The van der Waals surface area contributed by atoms with Gasteiger partial charge >= 0.3 is 0 Å². The average molecular weight is 352 g/mol.